The minimum Gasteiger partial charge on any atom is -0.493 e. The van der Waals surface area contributed by atoms with Crippen molar-refractivity contribution >= 4 is 11.8 Å². The fraction of sp³-hybridized carbons (Fsp3) is 0.300. The van der Waals surface area contributed by atoms with Crippen LogP contribution < -0.4 is 20.1 Å². The number of para-hydroxylation sites is 2. The quantitative estimate of drug-likeness (QED) is 0.677. The standard InChI is InChI=1S/C20H24N2O4/c1-15(22-20(24)16-8-4-3-5-9-16)14-19(23)21-12-13-26-18-11-7-6-10-17(18)25-2/h3-11,15H,12-14H2,1-2H3,(H,21,23)(H,22,24). The van der Waals surface area contributed by atoms with Crippen LogP contribution in [0.3, 0.4) is 0 Å². The van der Waals surface area contributed by atoms with Gasteiger partial charge in [-0.25, -0.2) is 0 Å². The van der Waals surface area contributed by atoms with Crippen molar-refractivity contribution in [2.75, 3.05) is 20.3 Å². The maximum atomic E-state index is 12.0. The first-order valence-corrected chi connectivity index (χ1v) is 8.48. The highest BCUT2D eigenvalue weighted by atomic mass is 16.5. The van der Waals surface area contributed by atoms with E-state index in [4.69, 9.17) is 9.47 Å². The second-order valence-electron chi connectivity index (χ2n) is 5.79. The predicted molar refractivity (Wildman–Crippen MR) is 99.5 cm³/mol. The number of nitrogens with one attached hydrogen (secondary N) is 2. The fourth-order valence-corrected chi connectivity index (χ4v) is 2.39. The van der Waals surface area contributed by atoms with Crippen LogP contribution in [0.25, 0.3) is 0 Å². The van der Waals surface area contributed by atoms with E-state index in [0.717, 1.165) is 0 Å². The summed E-state index contributed by atoms with van der Waals surface area (Å²) in [4.78, 5) is 24.0. The van der Waals surface area contributed by atoms with Crippen molar-refractivity contribution in [3.8, 4) is 11.5 Å². The topological polar surface area (TPSA) is 76.7 Å². The molecular formula is C20H24N2O4. The Morgan fingerprint density at radius 2 is 1.65 bits per heavy atom. The number of carbonyl (C=O) groups excluding carboxylic acids is 2. The third-order valence-electron chi connectivity index (χ3n) is 3.66. The van der Waals surface area contributed by atoms with Crippen molar-refractivity contribution in [1.29, 1.82) is 0 Å². The number of hydrogen-bond acceptors (Lipinski definition) is 4. The van der Waals surface area contributed by atoms with Gasteiger partial charge in [-0.2, -0.15) is 0 Å². The summed E-state index contributed by atoms with van der Waals surface area (Å²) in [5.41, 5.74) is 0.574. The van der Waals surface area contributed by atoms with Gasteiger partial charge in [0.1, 0.15) is 6.61 Å². The first kappa shape index (κ1) is 19.3. The number of methoxy groups -OCH3 is 1. The van der Waals surface area contributed by atoms with E-state index in [9.17, 15) is 9.59 Å². The molecule has 2 amide bonds. The Labute approximate surface area is 153 Å². The van der Waals surface area contributed by atoms with Crippen LogP contribution in [-0.4, -0.2) is 38.1 Å². The van der Waals surface area contributed by atoms with Gasteiger partial charge in [0, 0.05) is 18.0 Å². The zero-order chi connectivity index (χ0) is 18.8. The summed E-state index contributed by atoms with van der Waals surface area (Å²) in [6, 6.07) is 16.0. The number of rotatable bonds is 9. The van der Waals surface area contributed by atoms with E-state index in [1.54, 1.807) is 38.3 Å². The van der Waals surface area contributed by atoms with Crippen molar-refractivity contribution in [3.05, 3.63) is 60.2 Å². The Bertz CT molecular complexity index is 719. The molecule has 0 aliphatic carbocycles. The molecule has 0 aromatic heterocycles. The molecule has 6 nitrogen and oxygen atoms in total. The zero-order valence-corrected chi connectivity index (χ0v) is 15.0. The van der Waals surface area contributed by atoms with Crippen LogP contribution in [0.1, 0.15) is 23.7 Å². The molecule has 2 rings (SSSR count). The molecule has 0 spiro atoms. The maximum Gasteiger partial charge on any atom is 0.251 e. The van der Waals surface area contributed by atoms with Crippen molar-refractivity contribution in [1.82, 2.24) is 10.6 Å². The van der Waals surface area contributed by atoms with Gasteiger partial charge in [-0.1, -0.05) is 30.3 Å². The number of ether oxygens (including phenoxy) is 2. The summed E-state index contributed by atoms with van der Waals surface area (Å²) < 4.78 is 10.8. The summed E-state index contributed by atoms with van der Waals surface area (Å²) in [5.74, 6) is 0.948. The smallest absolute Gasteiger partial charge is 0.251 e. The average molecular weight is 356 g/mol. The molecule has 1 unspecified atom stereocenters. The van der Waals surface area contributed by atoms with Gasteiger partial charge in [-0.15, -0.1) is 0 Å². The van der Waals surface area contributed by atoms with E-state index in [2.05, 4.69) is 10.6 Å². The molecule has 0 heterocycles. The molecule has 0 fully saturated rings. The Morgan fingerprint density at radius 3 is 2.35 bits per heavy atom. The number of benzene rings is 2. The lowest BCUT2D eigenvalue weighted by atomic mass is 10.1. The Balaban J connectivity index is 1.67. The van der Waals surface area contributed by atoms with Crippen LogP contribution in [-0.2, 0) is 4.79 Å². The Morgan fingerprint density at radius 1 is 1.00 bits per heavy atom. The van der Waals surface area contributed by atoms with Gasteiger partial charge in [-0.05, 0) is 31.2 Å². The molecule has 0 saturated carbocycles. The zero-order valence-electron chi connectivity index (χ0n) is 15.0. The summed E-state index contributed by atoms with van der Waals surface area (Å²) in [5, 5.41) is 5.59. The molecule has 138 valence electrons. The second kappa shape index (κ2) is 10.1. The van der Waals surface area contributed by atoms with Crippen LogP contribution in [0.5, 0.6) is 11.5 Å². The third-order valence-corrected chi connectivity index (χ3v) is 3.66. The summed E-state index contributed by atoms with van der Waals surface area (Å²) in [6.07, 6.45) is 0.202. The SMILES string of the molecule is COc1ccccc1OCCNC(=O)CC(C)NC(=O)c1ccccc1. The monoisotopic (exact) mass is 356 g/mol. The lowest BCUT2D eigenvalue weighted by molar-refractivity contribution is -0.121. The highest BCUT2D eigenvalue weighted by Gasteiger charge is 2.13. The van der Waals surface area contributed by atoms with E-state index in [1.807, 2.05) is 30.3 Å². The van der Waals surface area contributed by atoms with Crippen LogP contribution in [0.2, 0.25) is 0 Å². The van der Waals surface area contributed by atoms with Crippen LogP contribution in [0, 0.1) is 0 Å². The van der Waals surface area contributed by atoms with Gasteiger partial charge in [0.05, 0.1) is 13.7 Å². The maximum absolute atomic E-state index is 12.0. The average Bonchev–Trinajstić information content (AvgIpc) is 2.66. The molecule has 0 aliphatic heterocycles. The van der Waals surface area contributed by atoms with Crippen LogP contribution in [0.15, 0.2) is 54.6 Å². The van der Waals surface area contributed by atoms with Crippen molar-refractivity contribution in [2.45, 2.75) is 19.4 Å². The highest BCUT2D eigenvalue weighted by molar-refractivity contribution is 5.94. The Kier molecular flexibility index (Phi) is 7.49. The highest BCUT2D eigenvalue weighted by Crippen LogP contribution is 2.25. The molecule has 2 N–H and O–H groups in total. The lowest BCUT2D eigenvalue weighted by Crippen LogP contribution is -2.38. The Hall–Kier alpha value is -3.02. The van der Waals surface area contributed by atoms with Crippen LogP contribution >= 0.6 is 0 Å². The number of hydrogen-bond donors (Lipinski definition) is 2. The summed E-state index contributed by atoms with van der Waals surface area (Å²) in [6.45, 7) is 2.50. The van der Waals surface area contributed by atoms with Gasteiger partial charge >= 0.3 is 0 Å². The van der Waals surface area contributed by atoms with E-state index < -0.39 is 0 Å². The predicted octanol–water partition coefficient (Wildman–Crippen LogP) is 2.40. The third kappa shape index (κ3) is 6.12. The minimum atomic E-state index is -0.266. The molecule has 0 bridgehead atoms. The second-order valence-corrected chi connectivity index (χ2v) is 5.79. The van der Waals surface area contributed by atoms with E-state index in [1.165, 1.54) is 0 Å². The van der Waals surface area contributed by atoms with Crippen molar-refractivity contribution in [3.63, 3.8) is 0 Å². The van der Waals surface area contributed by atoms with Gasteiger partial charge in [0.15, 0.2) is 11.5 Å². The lowest BCUT2D eigenvalue weighted by Gasteiger charge is -2.14. The van der Waals surface area contributed by atoms with Crippen LogP contribution in [0.4, 0.5) is 0 Å². The van der Waals surface area contributed by atoms with Crippen molar-refractivity contribution < 1.29 is 19.1 Å². The molecule has 0 aliphatic rings. The van der Waals surface area contributed by atoms with Crippen molar-refractivity contribution in [2.24, 2.45) is 0 Å². The molecule has 1 atom stereocenters. The number of carbonyl (C=O) groups is 2. The normalized spacial score (nSPS) is 11.3. The molecule has 2 aromatic rings. The van der Waals surface area contributed by atoms with E-state index in [0.29, 0.717) is 30.2 Å². The summed E-state index contributed by atoms with van der Waals surface area (Å²) >= 11 is 0. The minimum absolute atomic E-state index is 0.144. The van der Waals surface area contributed by atoms with E-state index in [-0.39, 0.29) is 24.3 Å². The fourth-order valence-electron chi connectivity index (χ4n) is 2.39. The first-order valence-electron chi connectivity index (χ1n) is 8.48. The van der Waals surface area contributed by atoms with Gasteiger partial charge in [0.2, 0.25) is 5.91 Å². The number of amides is 2. The first-order chi connectivity index (χ1) is 12.6. The van der Waals surface area contributed by atoms with E-state index >= 15 is 0 Å². The van der Waals surface area contributed by atoms with Gasteiger partial charge < -0.3 is 20.1 Å². The molecule has 26 heavy (non-hydrogen) atoms. The molecule has 6 heteroatoms. The summed E-state index contributed by atoms with van der Waals surface area (Å²) in [7, 11) is 1.58. The largest absolute Gasteiger partial charge is 0.493 e. The molecule has 0 radical (unpaired) electrons. The molecule has 0 saturated heterocycles. The molecule has 2 aromatic carbocycles. The van der Waals surface area contributed by atoms with Gasteiger partial charge in [-0.3, -0.25) is 9.59 Å². The molecular weight excluding hydrogens is 332 g/mol. The van der Waals surface area contributed by atoms with Gasteiger partial charge in [0.25, 0.3) is 5.91 Å².